The predicted octanol–water partition coefficient (Wildman–Crippen LogP) is 1.79. The average Bonchev–Trinajstić information content (AvgIpc) is 2.44. The molecule has 2 atom stereocenters. The van der Waals surface area contributed by atoms with Gasteiger partial charge in [-0.2, -0.15) is 0 Å². The Hall–Kier alpha value is -1.10. The zero-order valence-corrected chi connectivity index (χ0v) is 12.9. The van der Waals surface area contributed by atoms with Crippen LogP contribution >= 0.6 is 0 Å². The highest BCUT2D eigenvalue weighted by Crippen LogP contribution is 2.22. The van der Waals surface area contributed by atoms with Crippen LogP contribution in [0.1, 0.15) is 31.4 Å². The van der Waals surface area contributed by atoms with Crippen LogP contribution in [0.4, 0.5) is 0 Å². The zero-order chi connectivity index (χ0) is 15.2. The Bertz CT molecular complexity index is 396. The van der Waals surface area contributed by atoms with Gasteiger partial charge in [0.05, 0.1) is 6.61 Å². The van der Waals surface area contributed by atoms with Gasteiger partial charge in [0.25, 0.3) is 0 Å². The molecule has 0 saturated carbocycles. The summed E-state index contributed by atoms with van der Waals surface area (Å²) in [5.74, 6) is 0.840. The van der Waals surface area contributed by atoms with Gasteiger partial charge < -0.3 is 20.3 Å². The lowest BCUT2D eigenvalue weighted by Crippen LogP contribution is -2.49. The van der Waals surface area contributed by atoms with Crippen LogP contribution in [-0.4, -0.2) is 41.6 Å². The van der Waals surface area contributed by atoms with E-state index in [1.807, 2.05) is 45.9 Å². The van der Waals surface area contributed by atoms with Crippen molar-refractivity contribution in [1.29, 1.82) is 0 Å². The Morgan fingerprint density at radius 2 is 1.90 bits per heavy atom. The third-order valence-electron chi connectivity index (χ3n) is 3.72. The van der Waals surface area contributed by atoms with Crippen molar-refractivity contribution < 1.29 is 14.9 Å². The van der Waals surface area contributed by atoms with Gasteiger partial charge in [0.15, 0.2) is 0 Å². The van der Waals surface area contributed by atoms with Crippen molar-refractivity contribution >= 4 is 0 Å². The standard InChI is InChI=1S/C16H27NO3/c1-5-16(4,11-18)17-9-14(19)10-20-15-12(2)7-6-8-13(15)3/h6-8,14,17-19H,5,9-11H2,1-4H3. The molecule has 0 saturated heterocycles. The number of aryl methyl sites for hydroxylation is 2. The molecule has 0 heterocycles. The van der Waals surface area contributed by atoms with Gasteiger partial charge in [-0.1, -0.05) is 25.1 Å². The van der Waals surface area contributed by atoms with E-state index in [1.54, 1.807) is 0 Å². The van der Waals surface area contributed by atoms with Gasteiger partial charge >= 0.3 is 0 Å². The molecule has 4 heteroatoms. The second-order valence-electron chi connectivity index (χ2n) is 5.64. The van der Waals surface area contributed by atoms with Crippen LogP contribution in [0.5, 0.6) is 5.75 Å². The molecule has 0 spiro atoms. The van der Waals surface area contributed by atoms with E-state index in [-0.39, 0.29) is 18.8 Å². The van der Waals surface area contributed by atoms with Crippen molar-refractivity contribution in [2.45, 2.75) is 45.8 Å². The second kappa shape index (κ2) is 7.62. The third kappa shape index (κ3) is 4.78. The summed E-state index contributed by atoms with van der Waals surface area (Å²) in [5.41, 5.74) is 1.79. The van der Waals surface area contributed by atoms with E-state index in [4.69, 9.17) is 4.74 Å². The number of ether oxygens (including phenoxy) is 1. The molecule has 0 aliphatic heterocycles. The lowest BCUT2D eigenvalue weighted by Gasteiger charge is -2.28. The maximum Gasteiger partial charge on any atom is 0.125 e. The van der Waals surface area contributed by atoms with Crippen molar-refractivity contribution in [2.75, 3.05) is 19.8 Å². The predicted molar refractivity (Wildman–Crippen MR) is 81.2 cm³/mol. The van der Waals surface area contributed by atoms with Crippen molar-refractivity contribution in [3.05, 3.63) is 29.3 Å². The van der Waals surface area contributed by atoms with Gasteiger partial charge in [0, 0.05) is 12.1 Å². The van der Waals surface area contributed by atoms with Gasteiger partial charge in [-0.05, 0) is 38.3 Å². The summed E-state index contributed by atoms with van der Waals surface area (Å²) >= 11 is 0. The van der Waals surface area contributed by atoms with E-state index >= 15 is 0 Å². The molecule has 1 aromatic rings. The molecule has 0 aliphatic rings. The minimum atomic E-state index is -0.605. The van der Waals surface area contributed by atoms with Crippen LogP contribution < -0.4 is 10.1 Å². The van der Waals surface area contributed by atoms with E-state index in [2.05, 4.69) is 5.32 Å². The van der Waals surface area contributed by atoms with Crippen molar-refractivity contribution in [3.63, 3.8) is 0 Å². The van der Waals surface area contributed by atoms with Crippen LogP contribution in [0.2, 0.25) is 0 Å². The normalized spacial score (nSPS) is 15.7. The van der Waals surface area contributed by atoms with Gasteiger partial charge in [-0.15, -0.1) is 0 Å². The molecule has 4 nitrogen and oxygen atoms in total. The molecule has 1 aromatic carbocycles. The SMILES string of the molecule is CCC(C)(CO)NCC(O)COc1c(C)cccc1C. The van der Waals surface area contributed by atoms with E-state index in [9.17, 15) is 10.2 Å². The Balaban J connectivity index is 2.46. The lowest BCUT2D eigenvalue weighted by atomic mass is 10.0. The van der Waals surface area contributed by atoms with Gasteiger partial charge in [0.2, 0.25) is 0 Å². The minimum Gasteiger partial charge on any atom is -0.490 e. The number of β-amino-alcohol motifs (C(OH)–C–C–N with tert-alkyl or cyclic N) is 1. The molecule has 114 valence electrons. The number of hydrogen-bond donors (Lipinski definition) is 3. The Labute approximate surface area is 121 Å². The highest BCUT2D eigenvalue weighted by atomic mass is 16.5. The second-order valence-corrected chi connectivity index (χ2v) is 5.64. The number of hydrogen-bond acceptors (Lipinski definition) is 4. The molecule has 0 radical (unpaired) electrons. The first-order chi connectivity index (χ1) is 9.41. The Morgan fingerprint density at radius 3 is 2.40 bits per heavy atom. The van der Waals surface area contributed by atoms with Crippen molar-refractivity contribution in [3.8, 4) is 5.75 Å². The summed E-state index contributed by atoms with van der Waals surface area (Å²) < 4.78 is 5.71. The number of rotatable bonds is 8. The summed E-state index contributed by atoms with van der Waals surface area (Å²) in [5, 5.41) is 22.5. The molecule has 0 fully saturated rings. The molecule has 0 amide bonds. The van der Waals surface area contributed by atoms with E-state index in [0.29, 0.717) is 6.54 Å². The molecular weight excluding hydrogens is 254 g/mol. The molecule has 20 heavy (non-hydrogen) atoms. The maximum absolute atomic E-state index is 9.98. The summed E-state index contributed by atoms with van der Waals surface area (Å²) in [6, 6.07) is 5.98. The van der Waals surface area contributed by atoms with Crippen LogP contribution in [0.15, 0.2) is 18.2 Å². The van der Waals surface area contributed by atoms with Crippen LogP contribution in [0.3, 0.4) is 0 Å². The fraction of sp³-hybridized carbons (Fsp3) is 0.625. The molecule has 1 rings (SSSR count). The quantitative estimate of drug-likeness (QED) is 0.680. The monoisotopic (exact) mass is 281 g/mol. The number of nitrogens with one attached hydrogen (secondary N) is 1. The first-order valence-corrected chi connectivity index (χ1v) is 7.15. The topological polar surface area (TPSA) is 61.7 Å². The molecule has 0 aromatic heterocycles. The van der Waals surface area contributed by atoms with E-state index < -0.39 is 6.10 Å². The molecule has 0 aliphatic carbocycles. The fourth-order valence-electron chi connectivity index (χ4n) is 1.92. The van der Waals surface area contributed by atoms with Crippen molar-refractivity contribution in [1.82, 2.24) is 5.32 Å². The number of benzene rings is 1. The van der Waals surface area contributed by atoms with Gasteiger partial charge in [-0.25, -0.2) is 0 Å². The third-order valence-corrected chi connectivity index (χ3v) is 3.72. The van der Waals surface area contributed by atoms with E-state index in [0.717, 1.165) is 23.3 Å². The van der Waals surface area contributed by atoms with Crippen LogP contribution in [0.25, 0.3) is 0 Å². The summed E-state index contributed by atoms with van der Waals surface area (Å²) in [7, 11) is 0. The highest BCUT2D eigenvalue weighted by Gasteiger charge is 2.21. The number of aliphatic hydroxyl groups excluding tert-OH is 2. The summed E-state index contributed by atoms with van der Waals surface area (Å²) in [6.07, 6.45) is 0.194. The van der Waals surface area contributed by atoms with Crippen LogP contribution in [-0.2, 0) is 0 Å². The number of para-hydroxylation sites is 1. The maximum atomic E-state index is 9.98. The van der Waals surface area contributed by atoms with E-state index in [1.165, 1.54) is 0 Å². The Morgan fingerprint density at radius 1 is 1.30 bits per heavy atom. The molecular formula is C16H27NO3. The molecule has 2 unspecified atom stereocenters. The first kappa shape index (κ1) is 17.0. The smallest absolute Gasteiger partial charge is 0.125 e. The number of aliphatic hydroxyl groups is 2. The minimum absolute atomic E-state index is 0.0496. The lowest BCUT2D eigenvalue weighted by molar-refractivity contribution is 0.0861. The first-order valence-electron chi connectivity index (χ1n) is 7.15. The highest BCUT2D eigenvalue weighted by molar-refractivity contribution is 5.39. The molecule has 0 bridgehead atoms. The van der Waals surface area contributed by atoms with Gasteiger partial charge in [0.1, 0.15) is 18.5 Å². The largest absolute Gasteiger partial charge is 0.490 e. The zero-order valence-electron chi connectivity index (χ0n) is 12.9. The molecule has 3 N–H and O–H groups in total. The van der Waals surface area contributed by atoms with Crippen LogP contribution in [0, 0.1) is 13.8 Å². The van der Waals surface area contributed by atoms with Gasteiger partial charge in [-0.3, -0.25) is 0 Å². The Kier molecular flexibility index (Phi) is 6.46. The average molecular weight is 281 g/mol. The summed E-state index contributed by atoms with van der Waals surface area (Å²) in [4.78, 5) is 0. The van der Waals surface area contributed by atoms with Crippen molar-refractivity contribution in [2.24, 2.45) is 0 Å². The summed E-state index contributed by atoms with van der Waals surface area (Å²) in [6.45, 7) is 8.61. The fourth-order valence-corrected chi connectivity index (χ4v) is 1.92.